The number of carbonyl (C=O) groups excluding carboxylic acids is 1. The third kappa shape index (κ3) is 3.33. The fourth-order valence-electron chi connectivity index (χ4n) is 4.97. The molecule has 1 unspecified atom stereocenters. The van der Waals surface area contributed by atoms with E-state index in [1.54, 1.807) is 0 Å². The van der Waals surface area contributed by atoms with Gasteiger partial charge in [-0.15, -0.1) is 0 Å². The summed E-state index contributed by atoms with van der Waals surface area (Å²) in [6, 6.07) is 9.33. The Kier molecular flexibility index (Phi) is 5.14. The normalized spacial score (nSPS) is 29.7. The van der Waals surface area contributed by atoms with Crippen molar-refractivity contribution in [1.29, 1.82) is 0 Å². The molecule has 2 bridgehead atoms. The van der Waals surface area contributed by atoms with Crippen LogP contribution in [0.4, 0.5) is 0 Å². The Morgan fingerprint density at radius 3 is 2.46 bits per heavy atom. The number of piperidine rings is 3. The van der Waals surface area contributed by atoms with E-state index in [-0.39, 0.29) is 12.5 Å². The molecule has 0 amide bonds. The highest BCUT2D eigenvalue weighted by molar-refractivity contribution is 5.81. The van der Waals surface area contributed by atoms with Gasteiger partial charge >= 0.3 is 5.97 Å². The maximum Gasteiger partial charge on any atom is 0.343 e. The van der Waals surface area contributed by atoms with Crippen molar-refractivity contribution in [3.63, 3.8) is 0 Å². The van der Waals surface area contributed by atoms with E-state index in [0.717, 1.165) is 32.2 Å². The van der Waals surface area contributed by atoms with Gasteiger partial charge in [-0.25, -0.2) is 4.79 Å². The van der Waals surface area contributed by atoms with Crippen molar-refractivity contribution in [3.8, 4) is 0 Å². The summed E-state index contributed by atoms with van der Waals surface area (Å²) in [6.45, 7) is 3.66. The van der Waals surface area contributed by atoms with E-state index < -0.39 is 11.6 Å². The zero-order valence-corrected chi connectivity index (χ0v) is 15.4. The lowest BCUT2D eigenvalue weighted by atomic mass is 9.80. The molecule has 1 aromatic carbocycles. The molecule has 4 nitrogen and oxygen atoms in total. The predicted molar refractivity (Wildman–Crippen MR) is 101 cm³/mol. The molecule has 4 fully saturated rings. The fraction of sp³-hybridized carbons (Fsp3) is 0.591. The fourth-order valence-corrected chi connectivity index (χ4v) is 4.97. The van der Waals surface area contributed by atoms with E-state index >= 15 is 0 Å². The summed E-state index contributed by atoms with van der Waals surface area (Å²) in [7, 11) is 0. The van der Waals surface area contributed by atoms with E-state index in [0.29, 0.717) is 11.5 Å². The summed E-state index contributed by atoms with van der Waals surface area (Å²) in [5.74, 6) is 0.108. The Bertz CT molecular complexity index is 657. The first kappa shape index (κ1) is 17.7. The molecule has 3 saturated heterocycles. The van der Waals surface area contributed by atoms with E-state index in [1.165, 1.54) is 31.5 Å². The monoisotopic (exact) mass is 355 g/mol. The van der Waals surface area contributed by atoms with Crippen LogP contribution in [0.25, 0.3) is 0 Å². The molecular formula is C22H29NO3. The Morgan fingerprint density at radius 2 is 1.85 bits per heavy atom. The highest BCUT2D eigenvalue weighted by Crippen LogP contribution is 2.41. The molecular weight excluding hydrogens is 326 g/mol. The number of hydrogen-bond acceptors (Lipinski definition) is 4. The number of ether oxygens (including phenoxy) is 1. The van der Waals surface area contributed by atoms with Crippen LogP contribution in [0.2, 0.25) is 0 Å². The van der Waals surface area contributed by atoms with Crippen LogP contribution < -0.4 is 0 Å². The maximum absolute atomic E-state index is 12.9. The van der Waals surface area contributed by atoms with Crippen LogP contribution in [0, 0.1) is 11.8 Å². The van der Waals surface area contributed by atoms with Gasteiger partial charge < -0.3 is 9.84 Å². The molecule has 26 heavy (non-hydrogen) atoms. The van der Waals surface area contributed by atoms with Gasteiger partial charge in [0.2, 0.25) is 0 Å². The minimum absolute atomic E-state index is 0.0538. The molecule has 1 N–H and O–H groups in total. The summed E-state index contributed by atoms with van der Waals surface area (Å²) in [6.07, 6.45) is 8.39. The molecule has 0 aromatic heterocycles. The molecule has 0 radical (unpaired) electrons. The molecule has 3 heterocycles. The van der Waals surface area contributed by atoms with E-state index in [9.17, 15) is 9.90 Å². The zero-order valence-electron chi connectivity index (χ0n) is 15.4. The van der Waals surface area contributed by atoms with Crippen molar-refractivity contribution in [3.05, 3.63) is 47.5 Å². The average molecular weight is 355 g/mol. The van der Waals surface area contributed by atoms with Gasteiger partial charge in [-0.3, -0.25) is 4.90 Å². The number of esters is 1. The first-order chi connectivity index (χ1) is 12.7. The largest absolute Gasteiger partial charge is 0.459 e. The van der Waals surface area contributed by atoms with Crippen LogP contribution in [-0.4, -0.2) is 42.2 Å². The quantitative estimate of drug-likeness (QED) is 0.651. The number of nitrogens with zero attached hydrogens (tertiary/aromatic N) is 1. The van der Waals surface area contributed by atoms with Crippen molar-refractivity contribution in [2.75, 3.05) is 26.2 Å². The summed E-state index contributed by atoms with van der Waals surface area (Å²) in [5.41, 5.74) is 0.539. The molecule has 3 aliphatic heterocycles. The maximum atomic E-state index is 12.9. The number of fused-ring (bicyclic) bond motifs is 3. The van der Waals surface area contributed by atoms with Gasteiger partial charge in [0, 0.05) is 12.5 Å². The smallest absolute Gasteiger partial charge is 0.343 e. The second-order valence-electron chi connectivity index (χ2n) is 8.04. The second-order valence-corrected chi connectivity index (χ2v) is 8.04. The summed E-state index contributed by atoms with van der Waals surface area (Å²) in [4.78, 5) is 15.4. The van der Waals surface area contributed by atoms with Crippen LogP contribution in [0.1, 0.15) is 44.1 Å². The second kappa shape index (κ2) is 7.53. The summed E-state index contributed by atoms with van der Waals surface area (Å²) < 4.78 is 5.60. The van der Waals surface area contributed by atoms with Gasteiger partial charge in [0.05, 0.1) is 0 Å². The van der Waals surface area contributed by atoms with Crippen LogP contribution >= 0.6 is 0 Å². The third-order valence-corrected chi connectivity index (χ3v) is 6.55. The predicted octanol–water partition coefficient (Wildman–Crippen LogP) is 3.26. The Morgan fingerprint density at radius 1 is 1.15 bits per heavy atom. The molecule has 1 aliphatic carbocycles. The van der Waals surface area contributed by atoms with Crippen LogP contribution in [0.3, 0.4) is 0 Å². The van der Waals surface area contributed by atoms with Crippen molar-refractivity contribution in [2.24, 2.45) is 11.8 Å². The third-order valence-electron chi connectivity index (χ3n) is 6.55. The number of benzene rings is 1. The van der Waals surface area contributed by atoms with Crippen molar-refractivity contribution >= 4 is 5.97 Å². The first-order valence-electron chi connectivity index (χ1n) is 10.0. The Labute approximate surface area is 155 Å². The zero-order chi connectivity index (χ0) is 18.0. The van der Waals surface area contributed by atoms with Crippen LogP contribution in [0.15, 0.2) is 42.0 Å². The van der Waals surface area contributed by atoms with Gasteiger partial charge in [-0.05, 0) is 56.3 Å². The molecule has 0 spiro atoms. The molecule has 4 heteroatoms. The SMILES string of the molecule is O=C(OCC=C1CN2CCC1CC2)C(O)(c1ccccc1)C1CCCC1. The van der Waals surface area contributed by atoms with Gasteiger partial charge in [0.25, 0.3) is 0 Å². The van der Waals surface area contributed by atoms with Crippen molar-refractivity contribution in [1.82, 2.24) is 4.90 Å². The van der Waals surface area contributed by atoms with Gasteiger partial charge in [-0.2, -0.15) is 0 Å². The van der Waals surface area contributed by atoms with Crippen LogP contribution in [0.5, 0.6) is 0 Å². The lowest BCUT2D eigenvalue weighted by molar-refractivity contribution is -0.172. The minimum atomic E-state index is -1.52. The minimum Gasteiger partial charge on any atom is -0.459 e. The lowest BCUT2D eigenvalue weighted by Gasteiger charge is -2.41. The van der Waals surface area contributed by atoms with E-state index in [4.69, 9.17) is 4.74 Å². The molecule has 1 aromatic rings. The van der Waals surface area contributed by atoms with Gasteiger partial charge in [0.1, 0.15) is 6.61 Å². The van der Waals surface area contributed by atoms with Gasteiger partial charge in [-0.1, -0.05) is 48.7 Å². The lowest BCUT2D eigenvalue weighted by Crippen LogP contribution is -2.44. The molecule has 1 saturated carbocycles. The number of rotatable bonds is 5. The number of aliphatic hydroxyl groups is 1. The van der Waals surface area contributed by atoms with Crippen molar-refractivity contribution in [2.45, 2.75) is 44.1 Å². The summed E-state index contributed by atoms with van der Waals surface area (Å²) >= 11 is 0. The number of hydrogen-bond donors (Lipinski definition) is 1. The van der Waals surface area contributed by atoms with Crippen molar-refractivity contribution < 1.29 is 14.6 Å². The first-order valence-corrected chi connectivity index (χ1v) is 10.0. The van der Waals surface area contributed by atoms with E-state index in [1.807, 2.05) is 30.3 Å². The molecule has 140 valence electrons. The Hall–Kier alpha value is -1.65. The molecule has 5 rings (SSSR count). The molecule has 1 atom stereocenters. The average Bonchev–Trinajstić information content (AvgIpc) is 3.24. The highest BCUT2D eigenvalue weighted by Gasteiger charge is 2.47. The van der Waals surface area contributed by atoms with Crippen LogP contribution in [-0.2, 0) is 15.1 Å². The summed E-state index contributed by atoms with van der Waals surface area (Å²) in [5, 5.41) is 11.4. The van der Waals surface area contributed by atoms with Gasteiger partial charge in [0.15, 0.2) is 5.60 Å². The number of carbonyl (C=O) groups is 1. The molecule has 4 aliphatic rings. The standard InChI is InChI=1S/C22H29NO3/c24-21(26-15-12-18-16-23-13-10-17(18)11-14-23)22(25,20-8-4-5-9-20)19-6-2-1-3-7-19/h1-3,6-7,12,17,20,25H,4-5,8-11,13-16H2. The van der Waals surface area contributed by atoms with E-state index in [2.05, 4.69) is 11.0 Å². The highest BCUT2D eigenvalue weighted by atomic mass is 16.5. The Balaban J connectivity index is 1.47. The topological polar surface area (TPSA) is 49.8 Å².